The highest BCUT2D eigenvalue weighted by Gasteiger charge is 2.14. The number of amidine groups is 1. The predicted octanol–water partition coefficient (Wildman–Crippen LogP) is 5.51. The fraction of sp³-hybridized carbons (Fsp3) is 0.400. The average Bonchev–Trinajstić information content (AvgIpc) is 3.45. The number of aromatic nitrogens is 2. The first-order valence-electron chi connectivity index (χ1n) is 13.2. The fourth-order valence-electron chi connectivity index (χ4n) is 3.97. The highest BCUT2D eigenvalue weighted by molar-refractivity contribution is 6.11. The molecule has 1 aliphatic rings. The molecule has 8 heteroatoms. The normalized spacial score (nSPS) is 14.5. The van der Waals surface area contributed by atoms with Crippen molar-refractivity contribution in [3.8, 4) is 0 Å². The number of nitrogens with zero attached hydrogens (tertiary/aromatic N) is 3. The average molecular weight is 516 g/mol. The first kappa shape index (κ1) is 28.6. The van der Waals surface area contributed by atoms with Gasteiger partial charge in [-0.25, -0.2) is 4.99 Å². The Morgan fingerprint density at radius 1 is 1.26 bits per heavy atom. The molecule has 0 aliphatic carbocycles. The predicted molar refractivity (Wildman–Crippen MR) is 157 cm³/mol. The van der Waals surface area contributed by atoms with E-state index < -0.39 is 0 Å². The third-order valence-corrected chi connectivity index (χ3v) is 6.15. The van der Waals surface area contributed by atoms with E-state index >= 15 is 0 Å². The molecule has 1 amide bonds. The van der Waals surface area contributed by atoms with Crippen LogP contribution in [0.15, 0.2) is 59.4 Å². The minimum atomic E-state index is -0.284. The Morgan fingerprint density at radius 2 is 2.05 bits per heavy atom. The molecular weight excluding hydrogens is 474 g/mol. The molecule has 0 saturated heterocycles. The van der Waals surface area contributed by atoms with Gasteiger partial charge in [0, 0.05) is 49.0 Å². The summed E-state index contributed by atoms with van der Waals surface area (Å²) in [7, 11) is 0. The lowest BCUT2D eigenvalue weighted by Gasteiger charge is -2.19. The summed E-state index contributed by atoms with van der Waals surface area (Å²) in [6, 6.07) is 8.30. The van der Waals surface area contributed by atoms with Gasteiger partial charge in [-0.15, -0.1) is 0 Å². The highest BCUT2D eigenvalue weighted by atomic mass is 16.1. The summed E-state index contributed by atoms with van der Waals surface area (Å²) in [6.07, 6.45) is 11.7. The van der Waals surface area contributed by atoms with Crippen LogP contribution in [0.1, 0.15) is 69.8 Å². The second kappa shape index (κ2) is 13.0. The lowest BCUT2D eigenvalue weighted by Crippen LogP contribution is -2.33. The largest absolute Gasteiger partial charge is 0.386 e. The second-order valence-electron chi connectivity index (χ2n) is 10.6. The molecule has 4 N–H and O–H groups in total. The van der Waals surface area contributed by atoms with Crippen molar-refractivity contribution in [2.45, 2.75) is 79.4 Å². The summed E-state index contributed by atoms with van der Waals surface area (Å²) in [5, 5.41) is 21.7. The number of aryl methyl sites for hydroxylation is 3. The van der Waals surface area contributed by atoms with Gasteiger partial charge in [-0.2, -0.15) is 5.10 Å². The van der Waals surface area contributed by atoms with Crippen LogP contribution in [0.2, 0.25) is 0 Å². The molecular formula is C30H41N7O. The molecule has 0 unspecified atom stereocenters. The Hall–Kier alpha value is -3.94. The quantitative estimate of drug-likeness (QED) is 0.190. The maximum Gasteiger partial charge on any atom is 0.254 e. The summed E-state index contributed by atoms with van der Waals surface area (Å²) in [5.74, 6) is 1.26. The van der Waals surface area contributed by atoms with Crippen LogP contribution >= 0.6 is 0 Å². The van der Waals surface area contributed by atoms with Crippen molar-refractivity contribution < 1.29 is 4.79 Å². The van der Waals surface area contributed by atoms with Gasteiger partial charge in [0.05, 0.1) is 5.57 Å². The Balaban J connectivity index is 1.71. The Bertz CT molecular complexity index is 1250. The number of aliphatic imine (C=N–C) groups is 1. The first-order valence-corrected chi connectivity index (χ1v) is 13.2. The van der Waals surface area contributed by atoms with E-state index in [4.69, 9.17) is 5.41 Å². The standard InChI is InChI=1S/C30H41N7O/c1-7-8-13-32-27(35-28-17-26-10-9-14-37(26)36-28)16-22(3)23-11-12-24(21(2)15-23)19-33-29(38)25(18-31)20-34-30(4,5)6/h8,11-13,15-18,20,31,34H,7,9-10,14,19H2,1-6H3,(H,33,38)(H,32,35,36)/b13-8+,22-16+,25-20+,31-18?. The van der Waals surface area contributed by atoms with E-state index in [0.29, 0.717) is 6.54 Å². The number of carbonyl (C=O) groups excluding carboxylic acids is 1. The molecule has 0 atom stereocenters. The SMILES string of the molecule is CC/C=C/N=C(\C=C(/C)c1ccc(CNC(=O)/C(C=N)=C/NC(C)(C)C)c(C)c1)Nc1cc2n(n1)CCC2. The van der Waals surface area contributed by atoms with Crippen LogP contribution in [0, 0.1) is 12.3 Å². The molecule has 3 rings (SSSR count). The van der Waals surface area contributed by atoms with Gasteiger partial charge >= 0.3 is 0 Å². The van der Waals surface area contributed by atoms with Crippen LogP contribution in [-0.4, -0.2) is 33.3 Å². The van der Waals surface area contributed by atoms with Gasteiger partial charge in [0.25, 0.3) is 5.91 Å². The lowest BCUT2D eigenvalue weighted by atomic mass is 10.00. The van der Waals surface area contributed by atoms with Crippen molar-refractivity contribution in [2.75, 3.05) is 5.32 Å². The van der Waals surface area contributed by atoms with Crippen molar-refractivity contribution in [2.24, 2.45) is 4.99 Å². The van der Waals surface area contributed by atoms with Crippen LogP contribution in [0.25, 0.3) is 5.57 Å². The molecule has 0 saturated carbocycles. The van der Waals surface area contributed by atoms with Gasteiger partial charge in [-0.1, -0.05) is 31.2 Å². The number of hydrogen-bond donors (Lipinski definition) is 4. The van der Waals surface area contributed by atoms with Crippen molar-refractivity contribution in [3.63, 3.8) is 0 Å². The van der Waals surface area contributed by atoms with E-state index in [-0.39, 0.29) is 17.0 Å². The molecule has 2 heterocycles. The van der Waals surface area contributed by atoms with Gasteiger partial charge in [-0.05, 0) is 82.2 Å². The van der Waals surface area contributed by atoms with Crippen LogP contribution in [-0.2, 0) is 24.3 Å². The number of hydrogen-bond acceptors (Lipinski definition) is 5. The number of fused-ring (bicyclic) bond motifs is 1. The van der Waals surface area contributed by atoms with Crippen molar-refractivity contribution in [1.29, 1.82) is 5.41 Å². The summed E-state index contributed by atoms with van der Waals surface area (Å²) in [4.78, 5) is 17.2. The third-order valence-electron chi connectivity index (χ3n) is 6.15. The van der Waals surface area contributed by atoms with Crippen molar-refractivity contribution in [3.05, 3.63) is 76.8 Å². The van der Waals surface area contributed by atoms with Crippen LogP contribution < -0.4 is 16.0 Å². The summed E-state index contributed by atoms with van der Waals surface area (Å²) < 4.78 is 2.06. The Kier molecular flexibility index (Phi) is 9.82. The van der Waals surface area contributed by atoms with Gasteiger partial charge in [-0.3, -0.25) is 9.48 Å². The summed E-state index contributed by atoms with van der Waals surface area (Å²) >= 11 is 0. The number of anilines is 1. The molecule has 0 spiro atoms. The van der Waals surface area contributed by atoms with Crippen LogP contribution in [0.5, 0.6) is 0 Å². The zero-order valence-corrected chi connectivity index (χ0v) is 23.5. The molecule has 0 fully saturated rings. The van der Waals surface area contributed by atoms with Crippen LogP contribution in [0.3, 0.4) is 0 Å². The highest BCUT2D eigenvalue weighted by Crippen LogP contribution is 2.21. The number of nitrogens with one attached hydrogen (secondary N) is 4. The van der Waals surface area contributed by atoms with Gasteiger partial charge in [0.1, 0.15) is 5.84 Å². The van der Waals surface area contributed by atoms with Crippen molar-refractivity contribution >= 4 is 29.3 Å². The van der Waals surface area contributed by atoms with E-state index in [0.717, 1.165) is 65.9 Å². The number of benzene rings is 1. The van der Waals surface area contributed by atoms with E-state index in [1.165, 1.54) is 5.69 Å². The number of carbonyl (C=O) groups is 1. The number of amides is 1. The zero-order chi connectivity index (χ0) is 27.7. The van der Waals surface area contributed by atoms with Crippen molar-refractivity contribution in [1.82, 2.24) is 20.4 Å². The molecule has 38 heavy (non-hydrogen) atoms. The molecule has 1 aromatic heterocycles. The van der Waals surface area contributed by atoms with E-state index in [2.05, 4.69) is 62.8 Å². The van der Waals surface area contributed by atoms with Gasteiger partial charge < -0.3 is 21.4 Å². The summed E-state index contributed by atoms with van der Waals surface area (Å²) in [6.45, 7) is 13.5. The number of allylic oxidation sites excluding steroid dienone is 2. The molecule has 202 valence electrons. The van der Waals surface area contributed by atoms with Gasteiger partial charge in [0.15, 0.2) is 5.82 Å². The van der Waals surface area contributed by atoms with E-state index in [1.54, 1.807) is 6.20 Å². The second-order valence-corrected chi connectivity index (χ2v) is 10.6. The first-order chi connectivity index (χ1) is 18.1. The van der Waals surface area contributed by atoms with Crippen LogP contribution in [0.4, 0.5) is 5.82 Å². The fourth-order valence-corrected chi connectivity index (χ4v) is 3.97. The Labute approximate surface area is 226 Å². The number of rotatable bonds is 10. The molecule has 1 aromatic carbocycles. The maximum atomic E-state index is 12.6. The smallest absolute Gasteiger partial charge is 0.254 e. The lowest BCUT2D eigenvalue weighted by molar-refractivity contribution is -0.117. The summed E-state index contributed by atoms with van der Waals surface area (Å²) in [5.41, 5.74) is 5.59. The minimum Gasteiger partial charge on any atom is -0.386 e. The molecule has 8 nitrogen and oxygen atoms in total. The molecule has 2 aromatic rings. The monoisotopic (exact) mass is 515 g/mol. The van der Waals surface area contributed by atoms with E-state index in [1.807, 2.05) is 52.1 Å². The third kappa shape index (κ3) is 8.30. The Morgan fingerprint density at radius 3 is 2.71 bits per heavy atom. The molecule has 0 radical (unpaired) electrons. The zero-order valence-electron chi connectivity index (χ0n) is 23.5. The molecule has 1 aliphatic heterocycles. The van der Waals surface area contributed by atoms with Gasteiger partial charge in [0.2, 0.25) is 0 Å². The molecule has 0 bridgehead atoms. The maximum absolute atomic E-state index is 12.6. The topological polar surface area (TPSA) is 107 Å². The van der Waals surface area contributed by atoms with E-state index in [9.17, 15) is 4.79 Å². The minimum absolute atomic E-state index is 0.183.